The van der Waals surface area contributed by atoms with E-state index in [4.69, 9.17) is 11.6 Å². The van der Waals surface area contributed by atoms with Gasteiger partial charge in [0.05, 0.1) is 11.3 Å². The molecular formula is C22H17ClN2O4S. The van der Waals surface area contributed by atoms with E-state index in [0.29, 0.717) is 10.7 Å². The van der Waals surface area contributed by atoms with Crippen LogP contribution in [0.15, 0.2) is 65.6 Å². The zero-order chi connectivity index (χ0) is 21.6. The van der Waals surface area contributed by atoms with E-state index >= 15 is 0 Å². The fourth-order valence-electron chi connectivity index (χ4n) is 3.40. The number of para-hydroxylation sites is 1. The van der Waals surface area contributed by atoms with E-state index in [1.54, 1.807) is 0 Å². The predicted octanol–water partition coefficient (Wildman–Crippen LogP) is 4.56. The zero-order valence-corrected chi connectivity index (χ0v) is 17.7. The summed E-state index contributed by atoms with van der Waals surface area (Å²) in [7, 11) is -4.15. The SMILES string of the molecule is Cc1cccc(C)c1NC(=O)c1ccc2c(c1)S(=O)(=O)N(c1ccc(Cl)cc1)C2=O. The number of halogens is 1. The molecule has 0 saturated heterocycles. The van der Waals surface area contributed by atoms with Gasteiger partial charge in [-0.05, 0) is 67.4 Å². The topological polar surface area (TPSA) is 83.6 Å². The van der Waals surface area contributed by atoms with Crippen LogP contribution in [-0.2, 0) is 10.0 Å². The van der Waals surface area contributed by atoms with Gasteiger partial charge in [-0.2, -0.15) is 4.31 Å². The van der Waals surface area contributed by atoms with Crippen molar-refractivity contribution < 1.29 is 18.0 Å². The van der Waals surface area contributed by atoms with Crippen LogP contribution >= 0.6 is 11.6 Å². The van der Waals surface area contributed by atoms with E-state index in [2.05, 4.69) is 5.32 Å². The highest BCUT2D eigenvalue weighted by Crippen LogP contribution is 2.35. The van der Waals surface area contributed by atoms with Crippen LogP contribution in [0.1, 0.15) is 31.8 Å². The van der Waals surface area contributed by atoms with Gasteiger partial charge in [-0.1, -0.05) is 29.8 Å². The Morgan fingerprint density at radius 1 is 0.967 bits per heavy atom. The van der Waals surface area contributed by atoms with Crippen LogP contribution in [0.5, 0.6) is 0 Å². The van der Waals surface area contributed by atoms with Crippen molar-refractivity contribution in [1.29, 1.82) is 0 Å². The van der Waals surface area contributed by atoms with E-state index in [1.807, 2.05) is 32.0 Å². The van der Waals surface area contributed by atoms with Crippen LogP contribution in [0.2, 0.25) is 5.02 Å². The number of hydrogen-bond donors (Lipinski definition) is 1. The molecule has 0 bridgehead atoms. The lowest BCUT2D eigenvalue weighted by Crippen LogP contribution is -2.29. The van der Waals surface area contributed by atoms with E-state index in [0.717, 1.165) is 15.4 Å². The van der Waals surface area contributed by atoms with Crippen molar-refractivity contribution in [2.24, 2.45) is 0 Å². The molecule has 0 aromatic heterocycles. The molecule has 152 valence electrons. The first-order valence-electron chi connectivity index (χ1n) is 9.07. The van der Waals surface area contributed by atoms with E-state index in [9.17, 15) is 18.0 Å². The molecule has 2 amide bonds. The van der Waals surface area contributed by atoms with Crippen LogP contribution in [0.25, 0.3) is 0 Å². The fraction of sp³-hybridized carbons (Fsp3) is 0.0909. The average molecular weight is 441 g/mol. The van der Waals surface area contributed by atoms with Gasteiger partial charge < -0.3 is 5.32 Å². The smallest absolute Gasteiger partial charge is 0.273 e. The summed E-state index contributed by atoms with van der Waals surface area (Å²) in [6.07, 6.45) is 0. The van der Waals surface area contributed by atoms with Crippen LogP contribution in [-0.4, -0.2) is 20.2 Å². The minimum absolute atomic E-state index is 0.0218. The maximum atomic E-state index is 13.1. The summed E-state index contributed by atoms with van der Waals surface area (Å²) in [5.74, 6) is -1.13. The minimum Gasteiger partial charge on any atom is -0.322 e. The van der Waals surface area contributed by atoms with Crippen molar-refractivity contribution in [3.8, 4) is 0 Å². The van der Waals surface area contributed by atoms with Crippen molar-refractivity contribution in [3.05, 3.63) is 87.9 Å². The molecule has 8 heteroatoms. The highest BCUT2D eigenvalue weighted by Gasteiger charge is 2.42. The average Bonchev–Trinajstić information content (AvgIpc) is 2.91. The van der Waals surface area contributed by atoms with Crippen LogP contribution in [0.3, 0.4) is 0 Å². The van der Waals surface area contributed by atoms with Crippen LogP contribution < -0.4 is 9.62 Å². The van der Waals surface area contributed by atoms with Crippen molar-refractivity contribution in [2.75, 3.05) is 9.62 Å². The second-order valence-corrected chi connectivity index (χ2v) is 9.17. The minimum atomic E-state index is -4.15. The third-order valence-electron chi connectivity index (χ3n) is 4.96. The lowest BCUT2D eigenvalue weighted by Gasteiger charge is -2.15. The van der Waals surface area contributed by atoms with Crippen molar-refractivity contribution in [3.63, 3.8) is 0 Å². The van der Waals surface area contributed by atoms with Crippen LogP contribution in [0.4, 0.5) is 11.4 Å². The van der Waals surface area contributed by atoms with Gasteiger partial charge in [-0.25, -0.2) is 8.42 Å². The maximum Gasteiger partial charge on any atom is 0.273 e. The standard InChI is InChI=1S/C22H17ClN2O4S/c1-13-4-3-5-14(2)20(13)24-21(26)15-6-11-18-19(12-15)30(28,29)25(22(18)27)17-9-7-16(23)8-10-17/h3-12H,1-2H3,(H,24,26). The molecule has 0 unspecified atom stereocenters. The number of nitrogens with zero attached hydrogens (tertiary/aromatic N) is 1. The number of nitrogens with one attached hydrogen (secondary N) is 1. The number of fused-ring (bicyclic) bond motifs is 1. The van der Waals surface area contributed by atoms with Gasteiger partial charge in [0.15, 0.2) is 0 Å². The van der Waals surface area contributed by atoms with Crippen LogP contribution in [0, 0.1) is 13.8 Å². The molecular weight excluding hydrogens is 424 g/mol. The Morgan fingerprint density at radius 2 is 1.60 bits per heavy atom. The molecule has 1 heterocycles. The third-order valence-corrected chi connectivity index (χ3v) is 6.96. The number of aryl methyl sites for hydroxylation is 2. The van der Waals surface area contributed by atoms with E-state index in [1.165, 1.54) is 42.5 Å². The number of rotatable bonds is 3. The maximum absolute atomic E-state index is 13.1. The summed E-state index contributed by atoms with van der Waals surface area (Å²) in [5, 5.41) is 3.25. The predicted molar refractivity (Wildman–Crippen MR) is 116 cm³/mol. The van der Waals surface area contributed by atoms with E-state index < -0.39 is 21.8 Å². The largest absolute Gasteiger partial charge is 0.322 e. The molecule has 0 saturated carbocycles. The van der Waals surface area contributed by atoms with Gasteiger partial charge >= 0.3 is 0 Å². The first-order chi connectivity index (χ1) is 14.2. The summed E-state index contributed by atoms with van der Waals surface area (Å²) >= 11 is 5.86. The summed E-state index contributed by atoms with van der Waals surface area (Å²) in [6, 6.07) is 15.6. The molecule has 3 aromatic carbocycles. The number of carbonyl (C=O) groups is 2. The normalized spacial score (nSPS) is 14.5. The molecule has 30 heavy (non-hydrogen) atoms. The Kier molecular flexibility index (Phi) is 4.88. The molecule has 4 rings (SSSR count). The Labute approximate surface area is 179 Å². The Hall–Kier alpha value is -3.16. The molecule has 0 spiro atoms. The summed E-state index contributed by atoms with van der Waals surface area (Å²) in [5.41, 5.74) is 2.80. The Morgan fingerprint density at radius 3 is 2.23 bits per heavy atom. The van der Waals surface area contributed by atoms with Gasteiger partial charge in [0, 0.05) is 16.3 Å². The van der Waals surface area contributed by atoms with Crippen molar-refractivity contribution in [2.45, 2.75) is 18.7 Å². The molecule has 0 aliphatic carbocycles. The molecule has 0 radical (unpaired) electrons. The third kappa shape index (κ3) is 3.26. The Balaban J connectivity index is 1.72. The van der Waals surface area contributed by atoms with Gasteiger partial charge in [-0.15, -0.1) is 0 Å². The second kappa shape index (κ2) is 7.27. The van der Waals surface area contributed by atoms with Gasteiger partial charge in [0.25, 0.3) is 21.8 Å². The quantitative estimate of drug-likeness (QED) is 0.647. The molecule has 1 aliphatic rings. The number of amides is 2. The Bertz CT molecular complexity index is 1280. The van der Waals surface area contributed by atoms with Crippen molar-refractivity contribution in [1.82, 2.24) is 0 Å². The highest BCUT2D eigenvalue weighted by atomic mass is 35.5. The lowest BCUT2D eigenvalue weighted by atomic mass is 10.1. The zero-order valence-electron chi connectivity index (χ0n) is 16.1. The summed E-state index contributed by atoms with van der Waals surface area (Å²) < 4.78 is 26.8. The number of carbonyl (C=O) groups excluding carboxylic acids is 2. The summed E-state index contributed by atoms with van der Waals surface area (Å²) in [6.45, 7) is 3.75. The second-order valence-electron chi connectivity index (χ2n) is 6.98. The summed E-state index contributed by atoms with van der Waals surface area (Å²) in [4.78, 5) is 25.4. The molecule has 6 nitrogen and oxygen atoms in total. The highest BCUT2D eigenvalue weighted by molar-refractivity contribution is 7.94. The van der Waals surface area contributed by atoms with Gasteiger partial charge in [-0.3, -0.25) is 9.59 Å². The first-order valence-corrected chi connectivity index (χ1v) is 10.9. The molecule has 3 aromatic rings. The monoisotopic (exact) mass is 440 g/mol. The number of hydrogen-bond acceptors (Lipinski definition) is 4. The molecule has 1 N–H and O–H groups in total. The van der Waals surface area contributed by atoms with Crippen molar-refractivity contribution >= 4 is 44.8 Å². The molecule has 1 aliphatic heterocycles. The van der Waals surface area contributed by atoms with Gasteiger partial charge in [0.2, 0.25) is 0 Å². The number of sulfonamides is 1. The number of benzene rings is 3. The van der Waals surface area contributed by atoms with E-state index in [-0.39, 0.29) is 21.7 Å². The van der Waals surface area contributed by atoms with Gasteiger partial charge in [0.1, 0.15) is 4.90 Å². The first kappa shape index (κ1) is 20.1. The molecule has 0 fully saturated rings. The molecule has 0 atom stereocenters. The fourth-order valence-corrected chi connectivity index (χ4v) is 5.15. The lowest BCUT2D eigenvalue weighted by molar-refractivity contribution is 0.100. The number of anilines is 2.